The van der Waals surface area contributed by atoms with Gasteiger partial charge in [0.2, 0.25) is 0 Å². The molecule has 0 atom stereocenters. The molecule has 8 heteroatoms. The molecule has 1 aromatic heterocycles. The summed E-state index contributed by atoms with van der Waals surface area (Å²) in [6, 6.07) is 8.45. The Balaban J connectivity index is 1.78. The molecule has 0 aliphatic carbocycles. The standard InChI is InChI=1S/C16H20F2N4OS/c1-11-10-12(2)22(21-11)9-5-8-19-16(24)20-13-6-3-4-7-14(13)23-15(17)18/h3-4,6-7,10,15H,5,8-9H2,1-2H3,(H2,19,20,24). The molecule has 2 aromatic rings. The molecule has 0 radical (unpaired) electrons. The number of aromatic nitrogens is 2. The number of rotatable bonds is 7. The SMILES string of the molecule is Cc1cc(C)n(CCCNC(=S)Nc2ccccc2OC(F)F)n1. The van der Waals surface area contributed by atoms with Gasteiger partial charge >= 0.3 is 6.61 Å². The molecule has 0 aliphatic rings. The summed E-state index contributed by atoms with van der Waals surface area (Å²) >= 11 is 5.18. The highest BCUT2D eigenvalue weighted by atomic mass is 32.1. The number of hydrogen-bond acceptors (Lipinski definition) is 3. The maximum atomic E-state index is 12.4. The van der Waals surface area contributed by atoms with Crippen LogP contribution in [0.2, 0.25) is 0 Å². The minimum atomic E-state index is -2.88. The van der Waals surface area contributed by atoms with Gasteiger partial charge in [0.15, 0.2) is 5.11 Å². The lowest BCUT2D eigenvalue weighted by atomic mass is 10.3. The van der Waals surface area contributed by atoms with E-state index in [1.165, 1.54) is 6.07 Å². The van der Waals surface area contributed by atoms with Crippen molar-refractivity contribution in [1.82, 2.24) is 15.1 Å². The number of para-hydroxylation sites is 2. The number of thiocarbonyl (C=S) groups is 1. The third-order valence-corrected chi connectivity index (χ3v) is 3.53. The summed E-state index contributed by atoms with van der Waals surface area (Å²) in [5.74, 6) is 0.0549. The molecule has 1 heterocycles. The highest BCUT2D eigenvalue weighted by Gasteiger charge is 2.09. The van der Waals surface area contributed by atoms with E-state index in [4.69, 9.17) is 12.2 Å². The first-order chi connectivity index (χ1) is 11.5. The number of anilines is 1. The Hall–Kier alpha value is -2.22. The molecule has 2 N–H and O–H groups in total. The monoisotopic (exact) mass is 354 g/mol. The van der Waals surface area contributed by atoms with E-state index in [1.54, 1.807) is 18.2 Å². The average molecular weight is 354 g/mol. The van der Waals surface area contributed by atoms with Gasteiger partial charge in [-0.2, -0.15) is 13.9 Å². The first kappa shape index (κ1) is 18.1. The fourth-order valence-corrected chi connectivity index (χ4v) is 2.48. The van der Waals surface area contributed by atoms with E-state index >= 15 is 0 Å². The van der Waals surface area contributed by atoms with Gasteiger partial charge in [-0.15, -0.1) is 0 Å². The molecule has 0 spiro atoms. The normalized spacial score (nSPS) is 10.7. The van der Waals surface area contributed by atoms with Crippen LogP contribution in [0.5, 0.6) is 5.75 Å². The lowest BCUT2D eigenvalue weighted by Gasteiger charge is -2.14. The molecule has 5 nitrogen and oxygen atoms in total. The fraction of sp³-hybridized carbons (Fsp3) is 0.375. The summed E-state index contributed by atoms with van der Waals surface area (Å²) in [5, 5.41) is 10.7. The Morgan fingerprint density at radius 3 is 2.75 bits per heavy atom. The van der Waals surface area contributed by atoms with Crippen LogP contribution >= 0.6 is 12.2 Å². The Morgan fingerprint density at radius 2 is 2.08 bits per heavy atom. The van der Waals surface area contributed by atoms with E-state index in [0.717, 1.165) is 24.4 Å². The van der Waals surface area contributed by atoms with Gasteiger partial charge in [-0.3, -0.25) is 4.68 Å². The maximum Gasteiger partial charge on any atom is 0.387 e. The summed E-state index contributed by atoms with van der Waals surface area (Å²) < 4.78 is 31.1. The maximum absolute atomic E-state index is 12.4. The van der Waals surface area contributed by atoms with Gasteiger partial charge in [-0.1, -0.05) is 12.1 Å². The van der Waals surface area contributed by atoms with Crippen LogP contribution in [0.4, 0.5) is 14.5 Å². The zero-order valence-corrected chi connectivity index (χ0v) is 14.4. The van der Waals surface area contributed by atoms with E-state index in [1.807, 2.05) is 24.6 Å². The molecule has 1 aromatic carbocycles. The highest BCUT2D eigenvalue weighted by Crippen LogP contribution is 2.25. The van der Waals surface area contributed by atoms with E-state index in [2.05, 4.69) is 20.5 Å². The van der Waals surface area contributed by atoms with Crippen molar-refractivity contribution >= 4 is 23.0 Å². The number of ether oxygens (including phenoxy) is 1. The van der Waals surface area contributed by atoms with Crippen LogP contribution < -0.4 is 15.4 Å². The molecular weight excluding hydrogens is 334 g/mol. The number of halogens is 2. The second-order valence-corrected chi connectivity index (χ2v) is 5.67. The smallest absolute Gasteiger partial charge is 0.387 e. The molecule has 0 saturated heterocycles. The van der Waals surface area contributed by atoms with Crippen molar-refractivity contribution in [1.29, 1.82) is 0 Å². The van der Waals surface area contributed by atoms with Crippen molar-refractivity contribution in [3.8, 4) is 5.75 Å². The molecule has 24 heavy (non-hydrogen) atoms. The number of nitrogens with zero attached hydrogens (tertiary/aromatic N) is 2. The van der Waals surface area contributed by atoms with Crippen LogP contribution in [0.25, 0.3) is 0 Å². The van der Waals surface area contributed by atoms with Gasteiger partial charge < -0.3 is 15.4 Å². The molecule has 0 bridgehead atoms. The van der Waals surface area contributed by atoms with E-state index in [-0.39, 0.29) is 5.75 Å². The number of nitrogens with one attached hydrogen (secondary N) is 2. The van der Waals surface area contributed by atoms with E-state index < -0.39 is 6.61 Å². The summed E-state index contributed by atoms with van der Waals surface area (Å²) in [6.45, 7) is 2.51. The summed E-state index contributed by atoms with van der Waals surface area (Å²) in [7, 11) is 0. The van der Waals surface area contributed by atoms with Crippen LogP contribution in [0.3, 0.4) is 0 Å². The third-order valence-electron chi connectivity index (χ3n) is 3.29. The second-order valence-electron chi connectivity index (χ2n) is 5.26. The molecule has 2 rings (SSSR count). The zero-order chi connectivity index (χ0) is 17.5. The number of alkyl halides is 2. The van der Waals surface area contributed by atoms with Crippen molar-refractivity contribution in [2.24, 2.45) is 0 Å². The summed E-state index contributed by atoms with van der Waals surface area (Å²) in [5.41, 5.74) is 2.51. The van der Waals surface area contributed by atoms with Crippen LogP contribution in [0.1, 0.15) is 17.8 Å². The van der Waals surface area contributed by atoms with Crippen molar-refractivity contribution in [2.75, 3.05) is 11.9 Å². The van der Waals surface area contributed by atoms with Crippen molar-refractivity contribution in [3.05, 3.63) is 41.7 Å². The molecule has 0 unspecified atom stereocenters. The van der Waals surface area contributed by atoms with E-state index in [9.17, 15) is 8.78 Å². The first-order valence-corrected chi connectivity index (χ1v) is 7.96. The number of hydrogen-bond donors (Lipinski definition) is 2. The Morgan fingerprint density at radius 1 is 1.33 bits per heavy atom. The molecule has 0 saturated carbocycles. The number of benzene rings is 1. The van der Waals surface area contributed by atoms with Gasteiger partial charge in [0.1, 0.15) is 5.75 Å². The molecule has 0 amide bonds. The Kier molecular flexibility index (Phi) is 6.48. The first-order valence-electron chi connectivity index (χ1n) is 7.55. The lowest BCUT2D eigenvalue weighted by Crippen LogP contribution is -2.30. The van der Waals surface area contributed by atoms with Crippen LogP contribution in [0.15, 0.2) is 30.3 Å². The predicted octanol–water partition coefficient (Wildman–Crippen LogP) is 3.48. The second kappa shape index (κ2) is 8.58. The van der Waals surface area contributed by atoms with Gasteiger partial charge in [0.25, 0.3) is 0 Å². The number of aryl methyl sites for hydroxylation is 3. The fourth-order valence-electron chi connectivity index (χ4n) is 2.27. The Bertz CT molecular complexity index is 690. The van der Waals surface area contributed by atoms with Crippen molar-refractivity contribution in [2.45, 2.75) is 33.4 Å². The summed E-state index contributed by atoms with van der Waals surface area (Å²) in [6.07, 6.45) is 0.832. The van der Waals surface area contributed by atoms with Crippen molar-refractivity contribution in [3.63, 3.8) is 0 Å². The Labute approximate surface area is 145 Å². The van der Waals surface area contributed by atoms with Crippen LogP contribution in [-0.2, 0) is 6.54 Å². The zero-order valence-electron chi connectivity index (χ0n) is 13.6. The van der Waals surface area contributed by atoms with Crippen LogP contribution in [-0.4, -0.2) is 28.0 Å². The quantitative estimate of drug-likeness (QED) is 0.589. The van der Waals surface area contributed by atoms with Gasteiger partial charge in [-0.25, -0.2) is 0 Å². The third kappa shape index (κ3) is 5.45. The van der Waals surface area contributed by atoms with Gasteiger partial charge in [0, 0.05) is 18.8 Å². The minimum Gasteiger partial charge on any atom is -0.433 e. The van der Waals surface area contributed by atoms with E-state index in [0.29, 0.717) is 17.3 Å². The largest absolute Gasteiger partial charge is 0.433 e. The van der Waals surface area contributed by atoms with Crippen LogP contribution in [0, 0.1) is 13.8 Å². The molecule has 0 fully saturated rings. The topological polar surface area (TPSA) is 51.1 Å². The highest BCUT2D eigenvalue weighted by molar-refractivity contribution is 7.80. The summed E-state index contributed by atoms with van der Waals surface area (Å²) in [4.78, 5) is 0. The average Bonchev–Trinajstić information content (AvgIpc) is 2.83. The predicted molar refractivity (Wildman–Crippen MR) is 93.6 cm³/mol. The van der Waals surface area contributed by atoms with Gasteiger partial charge in [0.05, 0.1) is 11.4 Å². The van der Waals surface area contributed by atoms with Crippen molar-refractivity contribution < 1.29 is 13.5 Å². The molecule has 130 valence electrons. The van der Waals surface area contributed by atoms with Gasteiger partial charge in [-0.05, 0) is 50.7 Å². The minimum absolute atomic E-state index is 0.0549. The molecular formula is C16H20F2N4OS. The molecule has 0 aliphatic heterocycles. The lowest BCUT2D eigenvalue weighted by molar-refractivity contribution is -0.0493.